The second kappa shape index (κ2) is 4.31. The zero-order chi connectivity index (χ0) is 11.5. The minimum Gasteiger partial charge on any atom is -0.303 e. The minimum absolute atomic E-state index is 0.328. The molecular formula is C13H14N2O. The summed E-state index contributed by atoms with van der Waals surface area (Å²) >= 11 is 0. The lowest BCUT2D eigenvalue weighted by Crippen LogP contribution is -2.04. The number of rotatable bonds is 3. The van der Waals surface area contributed by atoms with E-state index < -0.39 is 0 Å². The molecule has 0 radical (unpaired) electrons. The molecule has 0 atom stereocenters. The summed E-state index contributed by atoms with van der Waals surface area (Å²) in [6.07, 6.45) is 4.52. The molecule has 0 aliphatic carbocycles. The van der Waals surface area contributed by atoms with Crippen molar-refractivity contribution in [2.75, 3.05) is 0 Å². The van der Waals surface area contributed by atoms with Crippen molar-refractivity contribution in [2.24, 2.45) is 0 Å². The minimum atomic E-state index is 0.328. The van der Waals surface area contributed by atoms with Gasteiger partial charge in [-0.15, -0.1) is 0 Å². The smallest absolute Gasteiger partial charge is 0.152 e. The van der Waals surface area contributed by atoms with Crippen LogP contribution in [0.5, 0.6) is 0 Å². The van der Waals surface area contributed by atoms with Gasteiger partial charge in [-0.2, -0.15) is 0 Å². The van der Waals surface area contributed by atoms with Crippen molar-refractivity contribution in [3.05, 3.63) is 48.0 Å². The van der Waals surface area contributed by atoms with E-state index in [0.29, 0.717) is 11.5 Å². The van der Waals surface area contributed by atoms with Crippen LogP contribution in [0.1, 0.15) is 35.9 Å². The van der Waals surface area contributed by atoms with Crippen molar-refractivity contribution in [1.82, 2.24) is 9.55 Å². The molecule has 0 aliphatic heterocycles. The summed E-state index contributed by atoms with van der Waals surface area (Å²) in [5.41, 5.74) is 1.57. The molecule has 1 aromatic heterocycles. The predicted molar refractivity (Wildman–Crippen MR) is 63.0 cm³/mol. The van der Waals surface area contributed by atoms with Gasteiger partial charge in [0, 0.05) is 23.9 Å². The maximum Gasteiger partial charge on any atom is 0.152 e. The molecule has 0 saturated carbocycles. The fraction of sp³-hybridized carbons (Fsp3) is 0.231. The SMILES string of the molecule is CC(C)c1nccn1-c1ccccc1C=O. The zero-order valence-corrected chi connectivity index (χ0v) is 9.42. The Morgan fingerprint density at radius 3 is 2.75 bits per heavy atom. The van der Waals surface area contributed by atoms with Crippen molar-refractivity contribution < 1.29 is 4.79 Å². The number of carbonyl (C=O) groups is 1. The van der Waals surface area contributed by atoms with Crippen LogP contribution in [0.4, 0.5) is 0 Å². The first kappa shape index (κ1) is 10.6. The Hall–Kier alpha value is -1.90. The number of hydrogen-bond donors (Lipinski definition) is 0. The number of aromatic nitrogens is 2. The summed E-state index contributed by atoms with van der Waals surface area (Å²) in [5, 5.41) is 0. The van der Waals surface area contributed by atoms with Crippen LogP contribution >= 0.6 is 0 Å². The molecule has 0 unspecified atom stereocenters. The van der Waals surface area contributed by atoms with Gasteiger partial charge in [-0.25, -0.2) is 4.98 Å². The standard InChI is InChI=1S/C13H14N2O/c1-10(2)13-14-7-8-15(13)12-6-4-3-5-11(12)9-16/h3-10H,1-2H3. The van der Waals surface area contributed by atoms with E-state index in [1.54, 1.807) is 6.20 Å². The Balaban J connectivity index is 2.58. The summed E-state index contributed by atoms with van der Waals surface area (Å²) in [6, 6.07) is 7.52. The number of hydrogen-bond acceptors (Lipinski definition) is 2. The van der Waals surface area contributed by atoms with Crippen molar-refractivity contribution in [3.63, 3.8) is 0 Å². The van der Waals surface area contributed by atoms with Crippen LogP contribution in [0.2, 0.25) is 0 Å². The number of para-hydroxylation sites is 1. The molecule has 0 amide bonds. The molecular weight excluding hydrogens is 200 g/mol. The molecule has 2 rings (SSSR count). The van der Waals surface area contributed by atoms with Gasteiger partial charge in [-0.1, -0.05) is 26.0 Å². The first-order valence-electron chi connectivity index (χ1n) is 5.32. The van der Waals surface area contributed by atoms with Gasteiger partial charge in [0.15, 0.2) is 6.29 Å². The van der Waals surface area contributed by atoms with E-state index >= 15 is 0 Å². The van der Waals surface area contributed by atoms with Crippen molar-refractivity contribution >= 4 is 6.29 Å². The normalized spacial score (nSPS) is 10.7. The van der Waals surface area contributed by atoms with Crippen LogP contribution in [0, 0.1) is 0 Å². The molecule has 2 aromatic rings. The van der Waals surface area contributed by atoms with E-state index in [0.717, 1.165) is 17.8 Å². The Kier molecular flexibility index (Phi) is 2.86. The number of benzene rings is 1. The molecule has 3 heteroatoms. The van der Waals surface area contributed by atoms with Crippen molar-refractivity contribution in [1.29, 1.82) is 0 Å². The van der Waals surface area contributed by atoms with Gasteiger partial charge in [-0.3, -0.25) is 4.79 Å². The highest BCUT2D eigenvalue weighted by atomic mass is 16.1. The average Bonchev–Trinajstić information content (AvgIpc) is 2.77. The molecule has 0 bridgehead atoms. The van der Waals surface area contributed by atoms with Crippen LogP contribution in [0.3, 0.4) is 0 Å². The third-order valence-electron chi connectivity index (χ3n) is 2.51. The summed E-state index contributed by atoms with van der Waals surface area (Å²) in [4.78, 5) is 15.3. The number of imidazole rings is 1. The first-order valence-corrected chi connectivity index (χ1v) is 5.32. The van der Waals surface area contributed by atoms with E-state index in [1.807, 2.05) is 35.0 Å². The van der Waals surface area contributed by atoms with Crippen LogP contribution in [0.25, 0.3) is 5.69 Å². The Morgan fingerprint density at radius 1 is 1.31 bits per heavy atom. The van der Waals surface area contributed by atoms with E-state index in [2.05, 4.69) is 18.8 Å². The number of nitrogens with zero attached hydrogens (tertiary/aromatic N) is 2. The summed E-state index contributed by atoms with van der Waals surface area (Å²) < 4.78 is 1.97. The molecule has 3 nitrogen and oxygen atoms in total. The first-order chi connectivity index (χ1) is 7.74. The van der Waals surface area contributed by atoms with Gasteiger partial charge in [0.25, 0.3) is 0 Å². The third-order valence-corrected chi connectivity index (χ3v) is 2.51. The topological polar surface area (TPSA) is 34.9 Å². The molecule has 0 fully saturated rings. The second-order valence-corrected chi connectivity index (χ2v) is 3.99. The Bertz CT molecular complexity index is 500. The maximum atomic E-state index is 11.0. The van der Waals surface area contributed by atoms with E-state index in [1.165, 1.54) is 0 Å². The summed E-state index contributed by atoms with van der Waals surface area (Å²) in [6.45, 7) is 4.17. The number of aldehydes is 1. The molecule has 16 heavy (non-hydrogen) atoms. The lowest BCUT2D eigenvalue weighted by atomic mass is 10.1. The molecule has 0 saturated heterocycles. The van der Waals surface area contributed by atoms with Crippen LogP contribution < -0.4 is 0 Å². The van der Waals surface area contributed by atoms with E-state index in [9.17, 15) is 4.79 Å². The van der Waals surface area contributed by atoms with E-state index in [4.69, 9.17) is 0 Å². The predicted octanol–water partition coefficient (Wildman–Crippen LogP) is 2.81. The van der Waals surface area contributed by atoms with Crippen LogP contribution in [-0.4, -0.2) is 15.8 Å². The largest absolute Gasteiger partial charge is 0.303 e. The lowest BCUT2D eigenvalue weighted by Gasteiger charge is -2.11. The van der Waals surface area contributed by atoms with Crippen molar-refractivity contribution in [3.8, 4) is 5.69 Å². The monoisotopic (exact) mass is 214 g/mol. The quantitative estimate of drug-likeness (QED) is 0.736. The highest BCUT2D eigenvalue weighted by Gasteiger charge is 2.10. The second-order valence-electron chi connectivity index (χ2n) is 3.99. The summed E-state index contributed by atoms with van der Waals surface area (Å²) in [7, 11) is 0. The molecule has 0 N–H and O–H groups in total. The summed E-state index contributed by atoms with van der Waals surface area (Å²) in [5.74, 6) is 1.30. The third kappa shape index (κ3) is 1.76. The van der Waals surface area contributed by atoms with Gasteiger partial charge in [0.1, 0.15) is 5.82 Å². The van der Waals surface area contributed by atoms with Crippen molar-refractivity contribution in [2.45, 2.75) is 19.8 Å². The Labute approximate surface area is 94.7 Å². The van der Waals surface area contributed by atoms with Crippen LogP contribution in [0.15, 0.2) is 36.7 Å². The molecule has 0 aliphatic rings. The fourth-order valence-corrected chi connectivity index (χ4v) is 1.75. The zero-order valence-electron chi connectivity index (χ0n) is 9.42. The van der Waals surface area contributed by atoms with Gasteiger partial charge in [0.2, 0.25) is 0 Å². The molecule has 1 heterocycles. The number of carbonyl (C=O) groups excluding carboxylic acids is 1. The highest BCUT2D eigenvalue weighted by molar-refractivity contribution is 5.80. The Morgan fingerprint density at radius 2 is 2.06 bits per heavy atom. The van der Waals surface area contributed by atoms with Gasteiger partial charge < -0.3 is 4.57 Å². The van der Waals surface area contributed by atoms with Gasteiger partial charge in [-0.05, 0) is 12.1 Å². The molecule has 82 valence electrons. The lowest BCUT2D eigenvalue weighted by molar-refractivity contribution is 0.112. The molecule has 0 spiro atoms. The van der Waals surface area contributed by atoms with E-state index in [-0.39, 0.29) is 0 Å². The maximum absolute atomic E-state index is 11.0. The van der Waals surface area contributed by atoms with Gasteiger partial charge in [0.05, 0.1) is 5.69 Å². The van der Waals surface area contributed by atoms with Gasteiger partial charge >= 0.3 is 0 Å². The highest BCUT2D eigenvalue weighted by Crippen LogP contribution is 2.19. The molecule has 1 aromatic carbocycles. The average molecular weight is 214 g/mol. The van der Waals surface area contributed by atoms with Crippen LogP contribution in [-0.2, 0) is 0 Å². The fourth-order valence-electron chi connectivity index (χ4n) is 1.75.